The number of carbonyl (C=O) groups excluding carboxylic acids is 1. The third kappa shape index (κ3) is 4.22. The smallest absolute Gasteiger partial charge is 0.223 e. The first-order chi connectivity index (χ1) is 12.0. The standard InChI is InChI=1S/C18H21N5O2/c1-13-20-18(21-25-13)12-23(14(2)24)17-6-7-22(11-17)10-16-5-3-4-15(8-16)9-19/h3-5,8,17H,6-7,10-12H2,1-2H3/t17-/m0/s1. The fourth-order valence-corrected chi connectivity index (χ4v) is 3.26. The summed E-state index contributed by atoms with van der Waals surface area (Å²) in [5.41, 5.74) is 1.79. The van der Waals surface area contributed by atoms with Crippen LogP contribution in [-0.2, 0) is 17.9 Å². The van der Waals surface area contributed by atoms with E-state index >= 15 is 0 Å². The Morgan fingerprint density at radius 2 is 2.36 bits per heavy atom. The van der Waals surface area contributed by atoms with Gasteiger partial charge in [0.15, 0.2) is 5.82 Å². The molecule has 130 valence electrons. The van der Waals surface area contributed by atoms with Gasteiger partial charge in [-0.1, -0.05) is 17.3 Å². The summed E-state index contributed by atoms with van der Waals surface area (Å²) in [6.45, 7) is 6.17. The molecule has 0 N–H and O–H groups in total. The minimum Gasteiger partial charge on any atom is -0.340 e. The monoisotopic (exact) mass is 339 g/mol. The summed E-state index contributed by atoms with van der Waals surface area (Å²) in [4.78, 5) is 20.4. The van der Waals surface area contributed by atoms with Gasteiger partial charge < -0.3 is 9.42 Å². The van der Waals surface area contributed by atoms with Crippen molar-refractivity contribution < 1.29 is 9.32 Å². The van der Waals surface area contributed by atoms with E-state index in [9.17, 15) is 4.79 Å². The van der Waals surface area contributed by atoms with Crippen LogP contribution >= 0.6 is 0 Å². The summed E-state index contributed by atoms with van der Waals surface area (Å²) in [6, 6.07) is 9.96. The minimum absolute atomic E-state index is 0.0146. The highest BCUT2D eigenvalue weighted by Gasteiger charge is 2.30. The Kier molecular flexibility index (Phi) is 5.10. The lowest BCUT2D eigenvalue weighted by atomic mass is 10.1. The summed E-state index contributed by atoms with van der Waals surface area (Å²) in [5.74, 6) is 1.05. The maximum Gasteiger partial charge on any atom is 0.223 e. The molecular formula is C18H21N5O2. The van der Waals surface area contributed by atoms with Gasteiger partial charge in [-0.25, -0.2) is 0 Å². The van der Waals surface area contributed by atoms with Gasteiger partial charge >= 0.3 is 0 Å². The van der Waals surface area contributed by atoms with Crippen LogP contribution in [0.4, 0.5) is 0 Å². The van der Waals surface area contributed by atoms with E-state index in [1.807, 2.05) is 23.1 Å². The molecular weight excluding hydrogens is 318 g/mol. The Morgan fingerprint density at radius 3 is 3.04 bits per heavy atom. The maximum atomic E-state index is 12.1. The summed E-state index contributed by atoms with van der Waals surface area (Å²) >= 11 is 0. The average Bonchev–Trinajstić information content (AvgIpc) is 3.21. The molecule has 7 nitrogen and oxygen atoms in total. The van der Waals surface area contributed by atoms with Crippen LogP contribution in [0.25, 0.3) is 0 Å². The van der Waals surface area contributed by atoms with Crippen molar-refractivity contribution in [1.29, 1.82) is 5.26 Å². The molecule has 1 fully saturated rings. The molecule has 1 saturated heterocycles. The van der Waals surface area contributed by atoms with Crippen molar-refractivity contribution in [2.75, 3.05) is 13.1 Å². The van der Waals surface area contributed by atoms with Crippen LogP contribution in [-0.4, -0.2) is 45.0 Å². The van der Waals surface area contributed by atoms with Crippen LogP contribution in [0.2, 0.25) is 0 Å². The molecule has 2 heterocycles. The molecule has 1 atom stereocenters. The van der Waals surface area contributed by atoms with Crippen molar-refractivity contribution in [2.45, 2.75) is 39.4 Å². The van der Waals surface area contributed by atoms with Crippen LogP contribution < -0.4 is 0 Å². The largest absolute Gasteiger partial charge is 0.340 e. The van der Waals surface area contributed by atoms with E-state index in [2.05, 4.69) is 21.1 Å². The number of benzene rings is 1. The van der Waals surface area contributed by atoms with Gasteiger partial charge in [-0.05, 0) is 24.1 Å². The molecule has 0 radical (unpaired) electrons. The average molecular weight is 339 g/mol. The molecule has 0 aliphatic carbocycles. The Balaban J connectivity index is 1.63. The zero-order valence-corrected chi connectivity index (χ0v) is 14.5. The molecule has 1 aromatic heterocycles. The van der Waals surface area contributed by atoms with E-state index in [1.54, 1.807) is 19.9 Å². The number of carbonyl (C=O) groups is 1. The van der Waals surface area contributed by atoms with E-state index < -0.39 is 0 Å². The highest BCUT2D eigenvalue weighted by Crippen LogP contribution is 2.20. The molecule has 1 aromatic carbocycles. The Bertz CT molecular complexity index is 795. The third-order valence-corrected chi connectivity index (χ3v) is 4.44. The highest BCUT2D eigenvalue weighted by molar-refractivity contribution is 5.73. The molecule has 1 aliphatic heterocycles. The molecule has 7 heteroatoms. The van der Waals surface area contributed by atoms with Crippen LogP contribution in [0, 0.1) is 18.3 Å². The number of aromatic nitrogens is 2. The number of rotatable bonds is 5. The number of nitriles is 1. The minimum atomic E-state index is 0.0146. The predicted molar refractivity (Wildman–Crippen MR) is 90.1 cm³/mol. The second-order valence-electron chi connectivity index (χ2n) is 6.37. The van der Waals surface area contributed by atoms with Gasteiger partial charge in [0, 0.05) is 39.5 Å². The van der Waals surface area contributed by atoms with Crippen molar-refractivity contribution in [2.24, 2.45) is 0 Å². The van der Waals surface area contributed by atoms with E-state index in [1.165, 1.54) is 0 Å². The van der Waals surface area contributed by atoms with Gasteiger partial charge in [-0.3, -0.25) is 9.69 Å². The first kappa shape index (κ1) is 17.1. The second-order valence-corrected chi connectivity index (χ2v) is 6.37. The molecule has 1 aliphatic rings. The maximum absolute atomic E-state index is 12.1. The lowest BCUT2D eigenvalue weighted by molar-refractivity contribution is -0.131. The molecule has 0 spiro atoms. The molecule has 0 unspecified atom stereocenters. The third-order valence-electron chi connectivity index (χ3n) is 4.44. The summed E-state index contributed by atoms with van der Waals surface area (Å²) in [5, 5.41) is 12.9. The van der Waals surface area contributed by atoms with Crippen LogP contribution in [0.3, 0.4) is 0 Å². The fraction of sp³-hybridized carbons (Fsp3) is 0.444. The summed E-state index contributed by atoms with van der Waals surface area (Å²) < 4.78 is 4.99. The molecule has 1 amide bonds. The fourth-order valence-electron chi connectivity index (χ4n) is 3.26. The Morgan fingerprint density at radius 1 is 1.52 bits per heavy atom. The number of hydrogen-bond donors (Lipinski definition) is 0. The normalized spacial score (nSPS) is 17.4. The van der Waals surface area contributed by atoms with Crippen molar-refractivity contribution in [1.82, 2.24) is 19.9 Å². The van der Waals surface area contributed by atoms with Crippen molar-refractivity contribution in [3.63, 3.8) is 0 Å². The number of amides is 1. The van der Waals surface area contributed by atoms with E-state index in [0.717, 1.165) is 31.6 Å². The van der Waals surface area contributed by atoms with Gasteiger partial charge in [0.2, 0.25) is 11.8 Å². The van der Waals surface area contributed by atoms with Gasteiger partial charge in [-0.15, -0.1) is 0 Å². The van der Waals surface area contributed by atoms with Crippen molar-refractivity contribution in [3.05, 3.63) is 47.1 Å². The first-order valence-electron chi connectivity index (χ1n) is 8.33. The molecule has 0 bridgehead atoms. The zero-order valence-electron chi connectivity index (χ0n) is 14.5. The van der Waals surface area contributed by atoms with E-state index in [0.29, 0.717) is 23.8 Å². The van der Waals surface area contributed by atoms with E-state index in [4.69, 9.17) is 9.78 Å². The predicted octanol–water partition coefficient (Wildman–Crippen LogP) is 1.87. The lowest BCUT2D eigenvalue weighted by Gasteiger charge is -2.27. The SMILES string of the molecule is CC(=O)N(Cc1noc(C)n1)[C@H]1CCN(Cc2cccc(C#N)c2)C1. The molecule has 3 rings (SSSR count). The summed E-state index contributed by atoms with van der Waals surface area (Å²) in [7, 11) is 0. The molecule has 25 heavy (non-hydrogen) atoms. The van der Waals surface area contributed by atoms with Crippen molar-refractivity contribution >= 4 is 5.91 Å². The zero-order chi connectivity index (χ0) is 17.8. The second kappa shape index (κ2) is 7.45. The van der Waals surface area contributed by atoms with Crippen LogP contribution in [0.1, 0.15) is 36.2 Å². The number of likely N-dealkylation sites (tertiary alicyclic amines) is 1. The number of aryl methyl sites for hydroxylation is 1. The quantitative estimate of drug-likeness (QED) is 0.826. The Labute approximate surface area is 146 Å². The summed E-state index contributed by atoms with van der Waals surface area (Å²) in [6.07, 6.45) is 0.911. The number of nitrogens with zero attached hydrogens (tertiary/aromatic N) is 5. The van der Waals surface area contributed by atoms with Crippen LogP contribution in [0.15, 0.2) is 28.8 Å². The number of hydrogen-bond acceptors (Lipinski definition) is 6. The van der Waals surface area contributed by atoms with Gasteiger partial charge in [-0.2, -0.15) is 10.2 Å². The van der Waals surface area contributed by atoms with Gasteiger partial charge in [0.25, 0.3) is 0 Å². The topological polar surface area (TPSA) is 86.3 Å². The van der Waals surface area contributed by atoms with Gasteiger partial charge in [0.05, 0.1) is 18.2 Å². The van der Waals surface area contributed by atoms with E-state index in [-0.39, 0.29) is 11.9 Å². The van der Waals surface area contributed by atoms with Crippen molar-refractivity contribution in [3.8, 4) is 6.07 Å². The molecule has 0 saturated carbocycles. The Hall–Kier alpha value is -2.72. The molecule has 2 aromatic rings. The van der Waals surface area contributed by atoms with Gasteiger partial charge in [0.1, 0.15) is 0 Å². The highest BCUT2D eigenvalue weighted by atomic mass is 16.5. The first-order valence-corrected chi connectivity index (χ1v) is 8.33. The lowest BCUT2D eigenvalue weighted by Crippen LogP contribution is -2.40. The van der Waals surface area contributed by atoms with Crippen LogP contribution in [0.5, 0.6) is 0 Å².